The number of carbonyl (C=O) groups is 1. The zero-order valence-corrected chi connectivity index (χ0v) is 15.2. The topological polar surface area (TPSA) is 37.3 Å². The molecule has 23 heavy (non-hydrogen) atoms. The van der Waals surface area contributed by atoms with Crippen LogP contribution in [-0.4, -0.2) is 16.5 Å². The third-order valence-corrected chi connectivity index (χ3v) is 8.93. The maximum atomic E-state index is 12.2. The minimum atomic E-state index is -0.491. The van der Waals surface area contributed by atoms with E-state index in [0.29, 0.717) is 23.5 Å². The van der Waals surface area contributed by atoms with Crippen molar-refractivity contribution in [2.24, 2.45) is 34.5 Å². The molecular weight excluding hydrogens is 284 g/mol. The zero-order valence-electron chi connectivity index (χ0n) is 15.2. The summed E-state index contributed by atoms with van der Waals surface area (Å²) in [5.74, 6) is 3.03. The minimum Gasteiger partial charge on any atom is -0.390 e. The van der Waals surface area contributed by atoms with E-state index in [-0.39, 0.29) is 10.8 Å². The second kappa shape index (κ2) is 4.71. The molecule has 3 saturated carbocycles. The van der Waals surface area contributed by atoms with Gasteiger partial charge in [-0.15, -0.1) is 0 Å². The highest BCUT2D eigenvalue weighted by Gasteiger charge is 2.62. The molecule has 4 aliphatic carbocycles. The number of hydrogen-bond donors (Lipinski definition) is 1. The third kappa shape index (κ3) is 1.94. The Morgan fingerprint density at radius 2 is 1.74 bits per heavy atom. The highest BCUT2D eigenvalue weighted by molar-refractivity contribution is 5.96. The highest BCUT2D eigenvalue weighted by Crippen LogP contribution is 2.67. The van der Waals surface area contributed by atoms with Crippen molar-refractivity contribution in [1.29, 1.82) is 0 Å². The van der Waals surface area contributed by atoms with Gasteiger partial charge in [0.2, 0.25) is 0 Å². The van der Waals surface area contributed by atoms with Crippen molar-refractivity contribution < 1.29 is 9.90 Å². The monoisotopic (exact) mass is 316 g/mol. The summed E-state index contributed by atoms with van der Waals surface area (Å²) in [6.45, 7) is 8.87. The summed E-state index contributed by atoms with van der Waals surface area (Å²) in [5, 5.41) is 11.0. The molecule has 0 aromatic rings. The summed E-state index contributed by atoms with van der Waals surface area (Å²) in [6.07, 6.45) is 10.1. The number of fused-ring (bicyclic) bond motifs is 5. The van der Waals surface area contributed by atoms with E-state index < -0.39 is 5.60 Å². The second-order valence-electron chi connectivity index (χ2n) is 9.74. The minimum absolute atomic E-state index is 0.0978. The first kappa shape index (κ1) is 15.9. The maximum Gasteiger partial charge on any atom is 0.158 e. The van der Waals surface area contributed by atoms with Crippen LogP contribution in [-0.2, 0) is 4.79 Å². The summed E-state index contributed by atoms with van der Waals surface area (Å²) in [6, 6.07) is 0. The van der Waals surface area contributed by atoms with Gasteiger partial charge in [0, 0.05) is 6.42 Å². The van der Waals surface area contributed by atoms with E-state index in [4.69, 9.17) is 0 Å². The van der Waals surface area contributed by atoms with Gasteiger partial charge in [-0.25, -0.2) is 0 Å². The van der Waals surface area contributed by atoms with Crippen molar-refractivity contribution in [1.82, 2.24) is 0 Å². The molecule has 1 N–H and O–H groups in total. The quantitative estimate of drug-likeness (QED) is 0.713. The molecule has 4 rings (SSSR count). The molecule has 0 unspecified atom stereocenters. The first-order chi connectivity index (χ1) is 10.7. The molecule has 0 aliphatic heterocycles. The van der Waals surface area contributed by atoms with Crippen LogP contribution in [0.15, 0.2) is 11.6 Å². The maximum absolute atomic E-state index is 12.2. The van der Waals surface area contributed by atoms with Crippen LogP contribution in [0.4, 0.5) is 0 Å². The largest absolute Gasteiger partial charge is 0.390 e. The normalized spacial score (nSPS) is 55.7. The molecule has 2 nitrogen and oxygen atoms in total. The molecule has 7 atom stereocenters. The van der Waals surface area contributed by atoms with Crippen LogP contribution in [0.25, 0.3) is 0 Å². The number of allylic oxidation sites excluding steroid dienone is 2. The van der Waals surface area contributed by atoms with Gasteiger partial charge < -0.3 is 5.11 Å². The smallest absolute Gasteiger partial charge is 0.158 e. The van der Waals surface area contributed by atoms with E-state index >= 15 is 0 Å². The Balaban J connectivity index is 1.71. The fraction of sp³-hybridized carbons (Fsp3) is 0.857. The number of hydrogen-bond acceptors (Lipinski definition) is 2. The molecule has 0 heterocycles. The summed E-state index contributed by atoms with van der Waals surface area (Å²) in [4.78, 5) is 12.2. The molecular formula is C21H32O2. The Kier molecular flexibility index (Phi) is 3.25. The van der Waals surface area contributed by atoms with Crippen LogP contribution in [0.5, 0.6) is 0 Å². The lowest BCUT2D eigenvalue weighted by atomic mass is 9.45. The van der Waals surface area contributed by atoms with Gasteiger partial charge in [0.05, 0.1) is 5.60 Å². The van der Waals surface area contributed by atoms with Crippen LogP contribution in [0.1, 0.15) is 72.6 Å². The number of aliphatic hydroxyl groups is 1. The summed E-state index contributed by atoms with van der Waals surface area (Å²) >= 11 is 0. The Morgan fingerprint density at radius 3 is 2.48 bits per heavy atom. The first-order valence-electron chi connectivity index (χ1n) is 9.64. The molecule has 3 fully saturated rings. The lowest BCUT2D eigenvalue weighted by Gasteiger charge is -2.59. The van der Waals surface area contributed by atoms with Gasteiger partial charge in [-0.1, -0.05) is 19.9 Å². The SMILES string of the molecule is CC1=C[C@@]2(C)[C@H](CC[C@@H]3[C@@H]2CC[C@@]2(C)[C@H]3CC[C@]2(C)O)CC1=O. The molecule has 2 heteroatoms. The van der Waals surface area contributed by atoms with Gasteiger partial charge in [-0.3, -0.25) is 4.79 Å². The predicted molar refractivity (Wildman–Crippen MR) is 91.9 cm³/mol. The van der Waals surface area contributed by atoms with Crippen molar-refractivity contribution in [2.45, 2.75) is 78.2 Å². The van der Waals surface area contributed by atoms with Gasteiger partial charge in [-0.2, -0.15) is 0 Å². The fourth-order valence-corrected chi connectivity index (χ4v) is 7.19. The second-order valence-corrected chi connectivity index (χ2v) is 9.74. The summed E-state index contributed by atoms with van der Waals surface area (Å²) in [5.41, 5.74) is 0.808. The van der Waals surface area contributed by atoms with E-state index in [9.17, 15) is 9.90 Å². The van der Waals surface area contributed by atoms with Gasteiger partial charge in [0.25, 0.3) is 0 Å². The summed E-state index contributed by atoms with van der Waals surface area (Å²) in [7, 11) is 0. The van der Waals surface area contributed by atoms with Crippen molar-refractivity contribution in [2.75, 3.05) is 0 Å². The van der Waals surface area contributed by atoms with Gasteiger partial charge in [0.1, 0.15) is 0 Å². The van der Waals surface area contributed by atoms with Crippen molar-refractivity contribution in [3.8, 4) is 0 Å². The molecule has 0 radical (unpaired) electrons. The number of carbonyl (C=O) groups excluding carboxylic acids is 1. The van der Waals surface area contributed by atoms with E-state index in [0.717, 1.165) is 30.8 Å². The van der Waals surface area contributed by atoms with Crippen molar-refractivity contribution in [3.63, 3.8) is 0 Å². The number of ketones is 1. The molecule has 4 aliphatic rings. The Hall–Kier alpha value is -0.630. The molecule has 0 amide bonds. The summed E-state index contributed by atoms with van der Waals surface area (Å²) < 4.78 is 0. The van der Waals surface area contributed by atoms with Gasteiger partial charge in [-0.05, 0) is 92.4 Å². The molecule has 128 valence electrons. The van der Waals surface area contributed by atoms with E-state index in [1.807, 2.05) is 6.92 Å². The van der Waals surface area contributed by atoms with E-state index in [1.54, 1.807) is 0 Å². The fourth-order valence-electron chi connectivity index (χ4n) is 7.19. The molecule has 0 bridgehead atoms. The molecule has 0 saturated heterocycles. The van der Waals surface area contributed by atoms with Crippen LogP contribution in [0.2, 0.25) is 0 Å². The standard InChI is InChI=1S/C21H32O2/c1-13-12-19(2)14(11-18(13)22)5-6-15-16(19)7-9-20(3)17(15)8-10-21(20,4)23/h12,14-17,23H,5-11H2,1-4H3/t14-,15-,16+,17+,19+,20+,21+/m1/s1. The zero-order chi connectivity index (χ0) is 16.6. The van der Waals surface area contributed by atoms with Crippen LogP contribution in [0.3, 0.4) is 0 Å². The molecule has 0 aromatic heterocycles. The average molecular weight is 316 g/mol. The van der Waals surface area contributed by atoms with E-state index in [1.165, 1.54) is 25.7 Å². The molecule has 0 spiro atoms. The predicted octanol–water partition coefficient (Wildman–Crippen LogP) is 4.52. The Labute approximate surface area is 140 Å². The molecule has 0 aromatic carbocycles. The van der Waals surface area contributed by atoms with Crippen LogP contribution >= 0.6 is 0 Å². The first-order valence-corrected chi connectivity index (χ1v) is 9.64. The Morgan fingerprint density at radius 1 is 1.04 bits per heavy atom. The van der Waals surface area contributed by atoms with Gasteiger partial charge in [0.15, 0.2) is 5.78 Å². The van der Waals surface area contributed by atoms with Crippen LogP contribution < -0.4 is 0 Å². The van der Waals surface area contributed by atoms with Crippen molar-refractivity contribution >= 4 is 5.78 Å². The highest BCUT2D eigenvalue weighted by atomic mass is 16.3. The van der Waals surface area contributed by atoms with Gasteiger partial charge >= 0.3 is 0 Å². The third-order valence-electron chi connectivity index (χ3n) is 8.93. The van der Waals surface area contributed by atoms with Crippen LogP contribution in [0, 0.1) is 34.5 Å². The number of Topliss-reactive ketones (excluding diaryl/α,β-unsaturated/α-hetero) is 1. The van der Waals surface area contributed by atoms with Crippen molar-refractivity contribution in [3.05, 3.63) is 11.6 Å². The van der Waals surface area contributed by atoms with E-state index in [2.05, 4.69) is 26.8 Å². The Bertz CT molecular complexity index is 574. The average Bonchev–Trinajstić information content (AvgIpc) is 2.71. The lowest BCUT2D eigenvalue weighted by Crippen LogP contribution is -2.55. The lowest BCUT2D eigenvalue weighted by molar-refractivity contribution is -0.135. The number of rotatable bonds is 0.